The molecule has 1 amide bonds. The summed E-state index contributed by atoms with van der Waals surface area (Å²) in [4.78, 5) is 16.8. The summed E-state index contributed by atoms with van der Waals surface area (Å²) in [5, 5.41) is 3.38. The Labute approximate surface area is 161 Å². The third kappa shape index (κ3) is 3.93. The predicted molar refractivity (Wildman–Crippen MR) is 104 cm³/mol. The average Bonchev–Trinajstić information content (AvgIpc) is 3.14. The summed E-state index contributed by atoms with van der Waals surface area (Å²) < 4.78 is 8.38. The normalized spacial score (nSPS) is 33.3. The van der Waals surface area contributed by atoms with Crippen LogP contribution in [-0.4, -0.2) is 27.1 Å². The maximum atomic E-state index is 12.8. The highest BCUT2D eigenvalue weighted by molar-refractivity contribution is 5.76. The lowest BCUT2D eigenvalue weighted by Gasteiger charge is -2.52. The fourth-order valence-electron chi connectivity index (χ4n) is 4.92. The van der Waals surface area contributed by atoms with Crippen LogP contribution < -0.4 is 5.32 Å². The molecule has 5 heteroatoms. The molecule has 0 unspecified atom stereocenters. The number of benzene rings is 1. The molecule has 0 bridgehead atoms. The lowest BCUT2D eigenvalue weighted by molar-refractivity contribution is -0.154. The van der Waals surface area contributed by atoms with Crippen LogP contribution in [0.5, 0.6) is 0 Å². The molecule has 144 valence electrons. The second kappa shape index (κ2) is 7.47. The molecule has 5 atom stereocenters. The van der Waals surface area contributed by atoms with Crippen molar-refractivity contribution in [3.05, 3.63) is 54.6 Å². The van der Waals surface area contributed by atoms with Crippen LogP contribution in [0.1, 0.15) is 51.2 Å². The monoisotopic (exact) mass is 367 g/mol. The van der Waals surface area contributed by atoms with Crippen LogP contribution >= 0.6 is 0 Å². The van der Waals surface area contributed by atoms with Crippen molar-refractivity contribution in [1.29, 1.82) is 0 Å². The Balaban J connectivity index is 1.56. The first-order chi connectivity index (χ1) is 13.0. The SMILES string of the molecule is C[C@@H]1CC[C@@H]2[C@@H](C1)O[C@@H](c1ccccc1)C[C@@]2(C)NC(=O)Cn1ccnc1. The molecule has 1 aromatic carbocycles. The van der Waals surface area contributed by atoms with E-state index < -0.39 is 0 Å². The van der Waals surface area contributed by atoms with Gasteiger partial charge in [-0.3, -0.25) is 4.79 Å². The highest BCUT2D eigenvalue weighted by Gasteiger charge is 2.49. The minimum atomic E-state index is -0.263. The summed E-state index contributed by atoms with van der Waals surface area (Å²) in [7, 11) is 0. The number of hydrogen-bond acceptors (Lipinski definition) is 3. The first-order valence-corrected chi connectivity index (χ1v) is 10.0. The van der Waals surface area contributed by atoms with Crippen molar-refractivity contribution < 1.29 is 9.53 Å². The van der Waals surface area contributed by atoms with Crippen molar-refractivity contribution in [3.63, 3.8) is 0 Å². The van der Waals surface area contributed by atoms with Crippen molar-refractivity contribution in [2.45, 2.75) is 63.8 Å². The number of carbonyl (C=O) groups excluding carboxylic acids is 1. The molecule has 2 heterocycles. The maximum absolute atomic E-state index is 12.8. The number of imidazole rings is 1. The molecular weight excluding hydrogens is 338 g/mol. The van der Waals surface area contributed by atoms with Gasteiger partial charge in [-0.1, -0.05) is 43.7 Å². The summed E-state index contributed by atoms with van der Waals surface area (Å²) in [5.41, 5.74) is 0.936. The predicted octanol–water partition coefficient (Wildman–Crippen LogP) is 3.72. The Bertz CT molecular complexity index is 761. The largest absolute Gasteiger partial charge is 0.370 e. The van der Waals surface area contributed by atoms with E-state index in [0.717, 1.165) is 19.3 Å². The fourth-order valence-corrected chi connectivity index (χ4v) is 4.92. The number of nitrogens with one attached hydrogen (secondary N) is 1. The van der Waals surface area contributed by atoms with Gasteiger partial charge >= 0.3 is 0 Å². The van der Waals surface area contributed by atoms with Gasteiger partial charge in [0.15, 0.2) is 0 Å². The van der Waals surface area contributed by atoms with Crippen LogP contribution in [0.2, 0.25) is 0 Å². The minimum absolute atomic E-state index is 0.0243. The smallest absolute Gasteiger partial charge is 0.240 e. The number of carbonyl (C=O) groups is 1. The van der Waals surface area contributed by atoms with Gasteiger partial charge < -0.3 is 14.6 Å². The number of amides is 1. The van der Waals surface area contributed by atoms with E-state index in [-0.39, 0.29) is 23.7 Å². The van der Waals surface area contributed by atoms with Gasteiger partial charge in [0.05, 0.1) is 18.5 Å². The van der Waals surface area contributed by atoms with E-state index >= 15 is 0 Å². The van der Waals surface area contributed by atoms with Gasteiger partial charge in [0.25, 0.3) is 0 Å². The molecular formula is C22H29N3O2. The van der Waals surface area contributed by atoms with Crippen LogP contribution in [0.25, 0.3) is 0 Å². The second-order valence-electron chi connectivity index (χ2n) is 8.50. The highest BCUT2D eigenvalue weighted by Crippen LogP contribution is 2.47. The number of ether oxygens (including phenoxy) is 1. The van der Waals surface area contributed by atoms with Gasteiger partial charge in [0, 0.05) is 30.3 Å². The molecule has 2 aromatic rings. The number of nitrogens with zero attached hydrogens (tertiary/aromatic N) is 2. The molecule has 5 nitrogen and oxygen atoms in total. The quantitative estimate of drug-likeness (QED) is 0.896. The molecule has 1 N–H and O–H groups in total. The number of rotatable bonds is 4. The van der Waals surface area contributed by atoms with Crippen LogP contribution in [0.4, 0.5) is 0 Å². The molecule has 4 rings (SSSR count). The summed E-state index contributed by atoms with van der Waals surface area (Å²) in [6, 6.07) is 10.4. The molecule has 1 aliphatic carbocycles. The van der Waals surface area contributed by atoms with E-state index in [0.29, 0.717) is 18.4 Å². The van der Waals surface area contributed by atoms with Gasteiger partial charge in [0.1, 0.15) is 6.54 Å². The van der Waals surface area contributed by atoms with E-state index in [9.17, 15) is 4.79 Å². The Kier molecular flexibility index (Phi) is 5.04. The van der Waals surface area contributed by atoms with E-state index in [1.807, 2.05) is 16.8 Å². The van der Waals surface area contributed by atoms with E-state index in [1.54, 1.807) is 12.5 Å². The van der Waals surface area contributed by atoms with Crippen LogP contribution in [0.3, 0.4) is 0 Å². The summed E-state index contributed by atoms with van der Waals surface area (Å²) in [6.45, 7) is 4.83. The van der Waals surface area contributed by atoms with Gasteiger partial charge in [-0.05, 0) is 31.2 Å². The molecule has 0 spiro atoms. The lowest BCUT2D eigenvalue weighted by Crippen LogP contribution is -2.60. The topological polar surface area (TPSA) is 56.1 Å². The summed E-state index contributed by atoms with van der Waals surface area (Å²) in [5.74, 6) is 1.08. The number of fused-ring (bicyclic) bond motifs is 1. The molecule has 1 aromatic heterocycles. The Morgan fingerprint density at radius 2 is 2.15 bits per heavy atom. The van der Waals surface area contributed by atoms with E-state index in [2.05, 4.69) is 48.4 Å². The molecule has 1 aliphatic heterocycles. The van der Waals surface area contributed by atoms with E-state index in [1.165, 1.54) is 12.0 Å². The molecule has 1 saturated carbocycles. The van der Waals surface area contributed by atoms with Crippen molar-refractivity contribution in [1.82, 2.24) is 14.9 Å². The van der Waals surface area contributed by atoms with Crippen molar-refractivity contribution in [3.8, 4) is 0 Å². The first kappa shape index (κ1) is 18.2. The van der Waals surface area contributed by atoms with Gasteiger partial charge in [-0.2, -0.15) is 0 Å². The third-order valence-electron chi connectivity index (χ3n) is 6.30. The third-order valence-corrected chi connectivity index (χ3v) is 6.30. The zero-order valence-electron chi connectivity index (χ0n) is 16.2. The minimum Gasteiger partial charge on any atom is -0.370 e. The fraction of sp³-hybridized carbons (Fsp3) is 0.545. The van der Waals surface area contributed by atoms with Crippen molar-refractivity contribution in [2.24, 2.45) is 11.8 Å². The molecule has 2 fully saturated rings. The number of aromatic nitrogens is 2. The average molecular weight is 367 g/mol. The van der Waals surface area contributed by atoms with Gasteiger partial charge in [-0.15, -0.1) is 0 Å². The van der Waals surface area contributed by atoms with Crippen LogP contribution in [-0.2, 0) is 16.1 Å². The van der Waals surface area contributed by atoms with Crippen LogP contribution in [0.15, 0.2) is 49.1 Å². The summed E-state index contributed by atoms with van der Waals surface area (Å²) in [6.07, 6.45) is 9.62. The van der Waals surface area contributed by atoms with Crippen molar-refractivity contribution >= 4 is 5.91 Å². The summed E-state index contributed by atoms with van der Waals surface area (Å²) >= 11 is 0. The van der Waals surface area contributed by atoms with Crippen LogP contribution in [0, 0.1) is 11.8 Å². The lowest BCUT2D eigenvalue weighted by atomic mass is 9.66. The standard InChI is InChI=1S/C22H29N3O2/c1-16-8-9-18-19(12-16)27-20(17-6-4-3-5-7-17)13-22(18,2)24-21(26)14-25-11-10-23-15-25/h3-7,10-11,15-16,18-20H,8-9,12-14H2,1-2H3,(H,24,26)/t16-,18-,19-,20-,22-/m1/s1. The second-order valence-corrected chi connectivity index (χ2v) is 8.50. The molecule has 1 saturated heterocycles. The highest BCUT2D eigenvalue weighted by atomic mass is 16.5. The molecule has 0 radical (unpaired) electrons. The zero-order chi connectivity index (χ0) is 18.9. The Morgan fingerprint density at radius 3 is 2.89 bits per heavy atom. The van der Waals surface area contributed by atoms with Crippen molar-refractivity contribution in [2.75, 3.05) is 0 Å². The first-order valence-electron chi connectivity index (χ1n) is 10.0. The zero-order valence-corrected chi connectivity index (χ0v) is 16.2. The maximum Gasteiger partial charge on any atom is 0.240 e. The number of hydrogen-bond donors (Lipinski definition) is 1. The Morgan fingerprint density at radius 1 is 1.33 bits per heavy atom. The van der Waals surface area contributed by atoms with Gasteiger partial charge in [0.2, 0.25) is 5.91 Å². The molecule has 2 aliphatic rings. The Hall–Kier alpha value is -2.14. The molecule has 27 heavy (non-hydrogen) atoms. The van der Waals surface area contributed by atoms with E-state index in [4.69, 9.17) is 4.74 Å². The van der Waals surface area contributed by atoms with Gasteiger partial charge in [-0.25, -0.2) is 4.98 Å².